The summed E-state index contributed by atoms with van der Waals surface area (Å²) in [6, 6.07) is 5.86. The fourth-order valence-electron chi connectivity index (χ4n) is 2.62. The Balaban J connectivity index is 1.87. The maximum absolute atomic E-state index is 12.9. The van der Waals surface area contributed by atoms with Gasteiger partial charge in [-0.15, -0.1) is 0 Å². The van der Waals surface area contributed by atoms with Crippen LogP contribution in [0.1, 0.15) is 31.8 Å². The van der Waals surface area contributed by atoms with E-state index in [0.29, 0.717) is 25.7 Å². The van der Waals surface area contributed by atoms with Crippen LogP contribution in [0.2, 0.25) is 0 Å². The summed E-state index contributed by atoms with van der Waals surface area (Å²) in [5.41, 5.74) is 1.09. The molecule has 9 heteroatoms. The molecule has 0 atom stereocenters. The van der Waals surface area contributed by atoms with Gasteiger partial charge in [0.2, 0.25) is 0 Å². The minimum absolute atomic E-state index is 0.147. The van der Waals surface area contributed by atoms with E-state index in [1.807, 2.05) is 32.0 Å². The molecule has 0 saturated carbocycles. The van der Waals surface area contributed by atoms with E-state index >= 15 is 0 Å². The molecular weight excluding hydrogens is 368 g/mol. The molecule has 2 rings (SSSR count). The van der Waals surface area contributed by atoms with Crippen LogP contribution >= 0.6 is 0 Å². The number of guanidine groups is 1. The van der Waals surface area contributed by atoms with Crippen molar-refractivity contribution in [1.82, 2.24) is 20.2 Å². The molecule has 0 radical (unpaired) electrons. The van der Waals surface area contributed by atoms with Crippen molar-refractivity contribution in [3.63, 3.8) is 0 Å². The predicted molar refractivity (Wildman–Crippen MR) is 104 cm³/mol. The van der Waals surface area contributed by atoms with E-state index in [1.54, 1.807) is 7.05 Å². The highest BCUT2D eigenvalue weighted by Crippen LogP contribution is 2.28. The van der Waals surface area contributed by atoms with E-state index in [-0.39, 0.29) is 12.4 Å². The van der Waals surface area contributed by atoms with Crippen molar-refractivity contribution in [1.29, 1.82) is 0 Å². The second-order valence-electron chi connectivity index (χ2n) is 5.78. The minimum atomic E-state index is -2.62. The zero-order valence-corrected chi connectivity index (χ0v) is 16.4. The van der Waals surface area contributed by atoms with Gasteiger partial charge in [0.05, 0.1) is 19.8 Å². The van der Waals surface area contributed by atoms with Crippen LogP contribution in [0.4, 0.5) is 8.78 Å². The molecule has 0 saturated heterocycles. The molecule has 0 amide bonds. The summed E-state index contributed by atoms with van der Waals surface area (Å²) in [4.78, 5) is 8.04. The van der Waals surface area contributed by atoms with Gasteiger partial charge in [-0.3, -0.25) is 9.56 Å². The summed E-state index contributed by atoms with van der Waals surface area (Å²) in [6.07, 6.45) is 3.33. The SMILES string of the molecule is CCOc1ccc(CCNC(=NC)NCc2nccn2C(F)F)cc1OCC. The summed E-state index contributed by atoms with van der Waals surface area (Å²) >= 11 is 0. The lowest BCUT2D eigenvalue weighted by atomic mass is 10.1. The van der Waals surface area contributed by atoms with Crippen molar-refractivity contribution in [2.24, 2.45) is 4.99 Å². The van der Waals surface area contributed by atoms with Crippen molar-refractivity contribution in [2.45, 2.75) is 33.4 Å². The average molecular weight is 395 g/mol. The Bertz CT molecular complexity index is 765. The quantitative estimate of drug-likeness (QED) is 0.478. The highest BCUT2D eigenvalue weighted by molar-refractivity contribution is 5.79. The van der Waals surface area contributed by atoms with Gasteiger partial charge in [0.1, 0.15) is 5.82 Å². The molecule has 1 heterocycles. The molecule has 0 unspecified atom stereocenters. The number of alkyl halides is 2. The number of aromatic nitrogens is 2. The van der Waals surface area contributed by atoms with Crippen LogP contribution in [0.25, 0.3) is 0 Å². The molecule has 1 aromatic carbocycles. The monoisotopic (exact) mass is 395 g/mol. The normalized spacial score (nSPS) is 11.6. The van der Waals surface area contributed by atoms with Crippen molar-refractivity contribution in [3.8, 4) is 11.5 Å². The molecule has 0 aliphatic carbocycles. The third-order valence-electron chi connectivity index (χ3n) is 3.91. The molecule has 28 heavy (non-hydrogen) atoms. The molecule has 2 aromatic rings. The van der Waals surface area contributed by atoms with Crippen molar-refractivity contribution >= 4 is 5.96 Å². The second kappa shape index (κ2) is 11.1. The molecule has 1 aromatic heterocycles. The van der Waals surface area contributed by atoms with Crippen LogP contribution in [0.15, 0.2) is 35.6 Å². The zero-order chi connectivity index (χ0) is 20.4. The largest absolute Gasteiger partial charge is 0.490 e. The first kappa shape index (κ1) is 21.5. The van der Waals surface area contributed by atoms with Crippen LogP contribution < -0.4 is 20.1 Å². The summed E-state index contributed by atoms with van der Waals surface area (Å²) in [5.74, 6) is 2.21. The Morgan fingerprint density at radius 3 is 2.61 bits per heavy atom. The van der Waals surface area contributed by atoms with Gasteiger partial charge in [-0.25, -0.2) is 4.98 Å². The van der Waals surface area contributed by atoms with Gasteiger partial charge < -0.3 is 20.1 Å². The molecule has 0 spiro atoms. The average Bonchev–Trinajstić information content (AvgIpc) is 3.15. The molecule has 2 N–H and O–H groups in total. The molecule has 7 nitrogen and oxygen atoms in total. The molecular formula is C19H27F2N5O2. The number of nitrogens with one attached hydrogen (secondary N) is 2. The molecule has 0 fully saturated rings. The zero-order valence-electron chi connectivity index (χ0n) is 16.4. The Labute approximate surface area is 163 Å². The van der Waals surface area contributed by atoms with Gasteiger partial charge in [-0.2, -0.15) is 8.78 Å². The molecule has 154 valence electrons. The lowest BCUT2D eigenvalue weighted by Gasteiger charge is -2.14. The first-order chi connectivity index (χ1) is 13.6. The number of hydrogen-bond donors (Lipinski definition) is 2. The van der Waals surface area contributed by atoms with Crippen LogP contribution in [-0.2, 0) is 13.0 Å². The highest BCUT2D eigenvalue weighted by atomic mass is 19.3. The molecule has 0 aliphatic rings. The minimum Gasteiger partial charge on any atom is -0.490 e. The fourth-order valence-corrected chi connectivity index (χ4v) is 2.62. The number of benzene rings is 1. The number of imidazole rings is 1. The lowest BCUT2D eigenvalue weighted by molar-refractivity contribution is 0.0668. The van der Waals surface area contributed by atoms with Crippen LogP contribution in [-0.4, -0.2) is 42.3 Å². The number of ether oxygens (including phenoxy) is 2. The van der Waals surface area contributed by atoms with Gasteiger partial charge in [-0.05, 0) is 38.0 Å². The Kier molecular flexibility index (Phi) is 8.51. The Morgan fingerprint density at radius 1 is 1.18 bits per heavy atom. The summed E-state index contributed by atoms with van der Waals surface area (Å²) < 4.78 is 37.7. The van der Waals surface area contributed by atoms with Crippen molar-refractivity contribution < 1.29 is 18.3 Å². The Hall–Kier alpha value is -2.84. The summed E-state index contributed by atoms with van der Waals surface area (Å²) in [5, 5.41) is 6.15. The first-order valence-electron chi connectivity index (χ1n) is 9.21. The van der Waals surface area contributed by atoms with Gasteiger partial charge in [-0.1, -0.05) is 6.07 Å². The smallest absolute Gasteiger partial charge is 0.319 e. The van der Waals surface area contributed by atoms with E-state index in [4.69, 9.17) is 9.47 Å². The number of hydrogen-bond acceptors (Lipinski definition) is 4. The highest BCUT2D eigenvalue weighted by Gasteiger charge is 2.11. The van der Waals surface area contributed by atoms with Crippen molar-refractivity contribution in [3.05, 3.63) is 42.0 Å². The topological polar surface area (TPSA) is 72.7 Å². The van der Waals surface area contributed by atoms with E-state index in [1.165, 1.54) is 12.4 Å². The van der Waals surface area contributed by atoms with Gasteiger partial charge in [0, 0.05) is 26.0 Å². The standard InChI is InChI=1S/C19H27F2N5O2/c1-4-27-15-7-6-14(12-16(15)28-5-2)8-9-24-19(22-3)25-13-17-23-10-11-26(17)18(20)21/h6-7,10-12,18H,4-5,8-9,13H2,1-3H3,(H2,22,24,25). The van der Waals surface area contributed by atoms with Crippen LogP contribution in [0.3, 0.4) is 0 Å². The van der Waals surface area contributed by atoms with E-state index in [0.717, 1.165) is 28.1 Å². The van der Waals surface area contributed by atoms with Crippen molar-refractivity contribution in [2.75, 3.05) is 26.8 Å². The third-order valence-corrected chi connectivity index (χ3v) is 3.91. The fraction of sp³-hybridized carbons (Fsp3) is 0.474. The summed E-state index contributed by atoms with van der Waals surface area (Å²) in [7, 11) is 1.62. The maximum atomic E-state index is 12.9. The van der Waals surface area contributed by atoms with Crippen LogP contribution in [0, 0.1) is 0 Å². The maximum Gasteiger partial charge on any atom is 0.319 e. The van der Waals surface area contributed by atoms with Gasteiger partial charge in [0.25, 0.3) is 0 Å². The predicted octanol–water partition coefficient (Wildman–Crippen LogP) is 2.98. The van der Waals surface area contributed by atoms with E-state index < -0.39 is 6.55 Å². The van der Waals surface area contributed by atoms with Gasteiger partial charge in [0.15, 0.2) is 17.5 Å². The number of halogens is 2. The summed E-state index contributed by atoms with van der Waals surface area (Å²) in [6.45, 7) is 3.14. The number of nitrogens with zero attached hydrogens (tertiary/aromatic N) is 3. The molecule has 0 bridgehead atoms. The van der Waals surface area contributed by atoms with Gasteiger partial charge >= 0.3 is 6.55 Å². The van der Waals surface area contributed by atoms with E-state index in [9.17, 15) is 8.78 Å². The number of rotatable bonds is 10. The third kappa shape index (κ3) is 6.11. The molecule has 0 aliphatic heterocycles. The lowest BCUT2D eigenvalue weighted by Crippen LogP contribution is -2.38. The first-order valence-corrected chi connectivity index (χ1v) is 9.21. The van der Waals surface area contributed by atoms with Crippen LogP contribution in [0.5, 0.6) is 11.5 Å². The Morgan fingerprint density at radius 2 is 1.93 bits per heavy atom. The van der Waals surface area contributed by atoms with E-state index in [2.05, 4.69) is 20.6 Å². The second-order valence-corrected chi connectivity index (χ2v) is 5.78. The number of aliphatic imine (C=N–C) groups is 1.